The van der Waals surface area contributed by atoms with Gasteiger partial charge in [-0.2, -0.15) is 0 Å². The van der Waals surface area contributed by atoms with Crippen molar-refractivity contribution in [1.29, 1.82) is 0 Å². The molecule has 1 unspecified atom stereocenters. The van der Waals surface area contributed by atoms with Crippen LogP contribution in [0.2, 0.25) is 0 Å². The zero-order chi connectivity index (χ0) is 17.9. The zero-order valence-electron chi connectivity index (χ0n) is 13.4. The number of hydrogen-bond acceptors (Lipinski definition) is 6. The van der Waals surface area contributed by atoms with E-state index in [2.05, 4.69) is 4.72 Å². The van der Waals surface area contributed by atoms with Gasteiger partial charge in [0, 0.05) is 21.2 Å². The summed E-state index contributed by atoms with van der Waals surface area (Å²) >= 11 is 2.87. The highest BCUT2D eigenvalue weighted by molar-refractivity contribution is 7.89. The van der Waals surface area contributed by atoms with Crippen LogP contribution in [0.1, 0.15) is 20.7 Å². The van der Waals surface area contributed by atoms with Crippen LogP contribution >= 0.6 is 22.7 Å². The fourth-order valence-electron chi connectivity index (χ4n) is 2.31. The molecule has 3 rings (SSSR count). The minimum Gasteiger partial charge on any atom is -0.495 e. The number of rotatable bonds is 7. The summed E-state index contributed by atoms with van der Waals surface area (Å²) < 4.78 is 32.6. The summed E-state index contributed by atoms with van der Waals surface area (Å²) in [6.45, 7) is 0.155. The normalized spacial score (nSPS) is 12.9. The molecule has 2 heterocycles. The van der Waals surface area contributed by atoms with Crippen molar-refractivity contribution >= 4 is 32.7 Å². The molecule has 0 amide bonds. The first-order chi connectivity index (χ1) is 12.0. The Morgan fingerprint density at radius 2 is 1.92 bits per heavy atom. The van der Waals surface area contributed by atoms with Crippen molar-refractivity contribution < 1.29 is 18.3 Å². The summed E-state index contributed by atoms with van der Waals surface area (Å²) in [4.78, 5) is 2.58. The Hall–Kier alpha value is -1.71. The van der Waals surface area contributed by atoms with Crippen LogP contribution in [0.3, 0.4) is 0 Å². The number of sulfonamides is 1. The molecule has 0 radical (unpaired) electrons. The maximum atomic E-state index is 12.5. The minimum atomic E-state index is -3.68. The molecule has 3 aromatic rings. The molecule has 0 saturated heterocycles. The highest BCUT2D eigenvalue weighted by Crippen LogP contribution is 2.31. The van der Waals surface area contributed by atoms with Gasteiger partial charge in [-0.1, -0.05) is 18.2 Å². The van der Waals surface area contributed by atoms with Gasteiger partial charge in [0.1, 0.15) is 16.7 Å². The summed E-state index contributed by atoms with van der Waals surface area (Å²) in [5, 5.41) is 12.2. The molecule has 2 N–H and O–H groups in total. The molecule has 0 aliphatic carbocycles. The van der Waals surface area contributed by atoms with Gasteiger partial charge in [-0.25, -0.2) is 13.1 Å². The number of benzene rings is 1. The molecule has 1 aromatic carbocycles. The fourth-order valence-corrected chi connectivity index (χ4v) is 5.33. The Morgan fingerprint density at radius 3 is 2.64 bits per heavy atom. The van der Waals surface area contributed by atoms with Gasteiger partial charge < -0.3 is 9.84 Å². The third kappa shape index (κ3) is 4.10. The van der Waals surface area contributed by atoms with E-state index < -0.39 is 16.1 Å². The summed E-state index contributed by atoms with van der Waals surface area (Å²) in [6, 6.07) is 13.9. The highest BCUT2D eigenvalue weighted by atomic mass is 32.2. The van der Waals surface area contributed by atoms with E-state index in [1.807, 2.05) is 29.6 Å². The van der Waals surface area contributed by atoms with Crippen LogP contribution in [0.5, 0.6) is 5.75 Å². The smallest absolute Gasteiger partial charge is 0.244 e. The summed E-state index contributed by atoms with van der Waals surface area (Å²) in [5.41, 5.74) is 0. The van der Waals surface area contributed by atoms with E-state index >= 15 is 0 Å². The van der Waals surface area contributed by atoms with Gasteiger partial charge in [0.2, 0.25) is 10.0 Å². The van der Waals surface area contributed by atoms with E-state index in [1.165, 1.54) is 35.8 Å². The van der Waals surface area contributed by atoms with Crippen molar-refractivity contribution in [3.8, 4) is 5.75 Å². The van der Waals surface area contributed by atoms with Gasteiger partial charge in [-0.3, -0.25) is 0 Å². The Labute approximate surface area is 154 Å². The van der Waals surface area contributed by atoms with E-state index in [0.717, 1.165) is 14.6 Å². The molecule has 132 valence electrons. The monoisotopic (exact) mass is 395 g/mol. The fraction of sp³-hybridized carbons (Fsp3) is 0.176. The van der Waals surface area contributed by atoms with Gasteiger partial charge in [-0.05, 0) is 35.7 Å². The molecule has 25 heavy (non-hydrogen) atoms. The standard InChI is InChI=1S/C17H17NO4S3/c1-22-13-5-2-3-7-16(13)25(20,21)18-11-12-8-9-15(24-12)17(19)14-6-4-10-23-14/h2-10,17-19H,11H2,1H3. The third-order valence-corrected chi connectivity index (χ3v) is 7.06. The molecule has 0 fully saturated rings. The van der Waals surface area contributed by atoms with Gasteiger partial charge in [-0.15, -0.1) is 22.7 Å². The second-order valence-electron chi connectivity index (χ2n) is 5.20. The number of nitrogens with one attached hydrogen (secondary N) is 1. The van der Waals surface area contributed by atoms with Crippen LogP contribution in [0.25, 0.3) is 0 Å². The lowest BCUT2D eigenvalue weighted by atomic mass is 10.2. The minimum absolute atomic E-state index is 0.105. The predicted molar refractivity (Wildman–Crippen MR) is 99.7 cm³/mol. The number of ether oxygens (including phenoxy) is 1. The van der Waals surface area contributed by atoms with Gasteiger partial charge in [0.05, 0.1) is 7.11 Å². The van der Waals surface area contributed by atoms with E-state index in [9.17, 15) is 13.5 Å². The van der Waals surface area contributed by atoms with Gasteiger partial charge in [0.15, 0.2) is 0 Å². The lowest BCUT2D eigenvalue weighted by Gasteiger charge is -2.10. The van der Waals surface area contributed by atoms with E-state index in [1.54, 1.807) is 18.2 Å². The number of para-hydroxylation sites is 1. The Morgan fingerprint density at radius 1 is 1.12 bits per heavy atom. The quantitative estimate of drug-likeness (QED) is 0.643. The molecule has 2 aromatic heterocycles. The lowest BCUT2D eigenvalue weighted by Crippen LogP contribution is -2.23. The highest BCUT2D eigenvalue weighted by Gasteiger charge is 2.19. The van der Waals surface area contributed by atoms with Crippen LogP contribution in [0.15, 0.2) is 58.8 Å². The van der Waals surface area contributed by atoms with Crippen LogP contribution in [0.4, 0.5) is 0 Å². The second-order valence-corrected chi connectivity index (χ2v) is 9.11. The van der Waals surface area contributed by atoms with Gasteiger partial charge in [0.25, 0.3) is 0 Å². The average molecular weight is 396 g/mol. The molecule has 0 spiro atoms. The van der Waals surface area contributed by atoms with Gasteiger partial charge >= 0.3 is 0 Å². The van der Waals surface area contributed by atoms with Crippen LogP contribution in [-0.4, -0.2) is 20.6 Å². The topological polar surface area (TPSA) is 75.6 Å². The zero-order valence-corrected chi connectivity index (χ0v) is 15.8. The van der Waals surface area contributed by atoms with Crippen LogP contribution < -0.4 is 9.46 Å². The van der Waals surface area contributed by atoms with E-state index in [0.29, 0.717) is 5.75 Å². The maximum Gasteiger partial charge on any atom is 0.244 e. The van der Waals surface area contributed by atoms with Crippen LogP contribution in [0, 0.1) is 0 Å². The maximum absolute atomic E-state index is 12.5. The Kier molecular flexibility index (Phi) is 5.55. The van der Waals surface area contributed by atoms with E-state index in [-0.39, 0.29) is 11.4 Å². The molecule has 8 heteroatoms. The van der Waals surface area contributed by atoms with Crippen molar-refractivity contribution in [3.05, 3.63) is 68.5 Å². The Bertz CT molecular complexity index is 932. The van der Waals surface area contributed by atoms with Crippen LogP contribution in [-0.2, 0) is 16.6 Å². The first kappa shape index (κ1) is 18.1. The lowest BCUT2D eigenvalue weighted by molar-refractivity contribution is 0.228. The van der Waals surface area contributed by atoms with Crippen molar-refractivity contribution in [2.75, 3.05) is 7.11 Å². The molecule has 0 bridgehead atoms. The summed E-state index contributed by atoms with van der Waals surface area (Å²) in [7, 11) is -2.25. The summed E-state index contributed by atoms with van der Waals surface area (Å²) in [6.07, 6.45) is -0.676. The Balaban J connectivity index is 1.71. The number of thiophene rings is 2. The second kappa shape index (κ2) is 7.67. The molecular formula is C17H17NO4S3. The first-order valence-corrected chi connectivity index (χ1v) is 10.6. The molecule has 1 atom stereocenters. The molecule has 5 nitrogen and oxygen atoms in total. The predicted octanol–water partition coefficient (Wildman–Crippen LogP) is 3.38. The van der Waals surface area contributed by atoms with Crippen molar-refractivity contribution in [2.45, 2.75) is 17.5 Å². The summed E-state index contributed by atoms with van der Waals surface area (Å²) in [5.74, 6) is 0.301. The molecule has 0 saturated carbocycles. The number of aliphatic hydroxyl groups excluding tert-OH is 1. The molecule has 0 aliphatic heterocycles. The molecule has 0 aliphatic rings. The third-order valence-electron chi connectivity index (χ3n) is 3.56. The van der Waals surface area contributed by atoms with Crippen molar-refractivity contribution in [1.82, 2.24) is 4.72 Å². The molecular weight excluding hydrogens is 378 g/mol. The largest absolute Gasteiger partial charge is 0.495 e. The van der Waals surface area contributed by atoms with E-state index in [4.69, 9.17) is 4.74 Å². The first-order valence-electron chi connectivity index (χ1n) is 7.44. The SMILES string of the molecule is COc1ccccc1S(=O)(=O)NCc1ccc(C(O)c2cccs2)s1. The van der Waals surface area contributed by atoms with Crippen molar-refractivity contribution in [2.24, 2.45) is 0 Å². The average Bonchev–Trinajstić information content (AvgIpc) is 3.31. The number of methoxy groups -OCH3 is 1. The number of aliphatic hydroxyl groups is 1. The number of hydrogen-bond donors (Lipinski definition) is 2. The van der Waals surface area contributed by atoms with Crippen molar-refractivity contribution in [3.63, 3.8) is 0 Å².